The molecular weight excluding hydrogens is 229 g/mol. The lowest BCUT2D eigenvalue weighted by atomic mass is 10.0. The molecular formula is C15H24FNO. The summed E-state index contributed by atoms with van der Waals surface area (Å²) < 4.78 is 13.5. The summed E-state index contributed by atoms with van der Waals surface area (Å²) >= 11 is 0. The Labute approximate surface area is 110 Å². The SMILES string of the molecule is CCCCC(C)C(=O)NC(C)c1ccccc1F.[HH]. The van der Waals surface area contributed by atoms with Crippen LogP contribution < -0.4 is 5.32 Å². The molecule has 0 aliphatic rings. The first kappa shape index (κ1) is 14.7. The van der Waals surface area contributed by atoms with Crippen molar-refractivity contribution in [2.24, 2.45) is 5.92 Å². The third-order valence-electron chi connectivity index (χ3n) is 3.17. The fourth-order valence-corrected chi connectivity index (χ4v) is 1.90. The fraction of sp³-hybridized carbons (Fsp3) is 0.533. The van der Waals surface area contributed by atoms with E-state index in [2.05, 4.69) is 12.2 Å². The maximum absolute atomic E-state index is 13.5. The van der Waals surface area contributed by atoms with Crippen molar-refractivity contribution in [2.75, 3.05) is 0 Å². The van der Waals surface area contributed by atoms with E-state index in [4.69, 9.17) is 0 Å². The van der Waals surface area contributed by atoms with E-state index in [1.807, 2.05) is 13.8 Å². The number of carbonyl (C=O) groups is 1. The summed E-state index contributed by atoms with van der Waals surface area (Å²) in [6.45, 7) is 5.83. The van der Waals surface area contributed by atoms with Gasteiger partial charge in [0, 0.05) is 12.9 Å². The van der Waals surface area contributed by atoms with Crippen LogP contribution in [0.5, 0.6) is 0 Å². The van der Waals surface area contributed by atoms with Crippen molar-refractivity contribution in [1.82, 2.24) is 5.32 Å². The lowest BCUT2D eigenvalue weighted by Gasteiger charge is -2.18. The highest BCUT2D eigenvalue weighted by atomic mass is 19.1. The van der Waals surface area contributed by atoms with Crippen molar-refractivity contribution in [2.45, 2.75) is 46.1 Å². The van der Waals surface area contributed by atoms with Crippen LogP contribution in [0.1, 0.15) is 53.1 Å². The van der Waals surface area contributed by atoms with Gasteiger partial charge in [0.05, 0.1) is 6.04 Å². The fourth-order valence-electron chi connectivity index (χ4n) is 1.90. The average Bonchev–Trinajstić information content (AvgIpc) is 2.36. The molecule has 0 spiro atoms. The molecule has 0 heterocycles. The molecule has 0 bridgehead atoms. The topological polar surface area (TPSA) is 29.1 Å². The Bertz CT molecular complexity index is 397. The van der Waals surface area contributed by atoms with Crippen molar-refractivity contribution in [3.63, 3.8) is 0 Å². The Morgan fingerprint density at radius 2 is 2.06 bits per heavy atom. The average molecular weight is 253 g/mol. The van der Waals surface area contributed by atoms with E-state index in [0.717, 1.165) is 19.3 Å². The molecule has 0 aliphatic carbocycles. The second-order valence-electron chi connectivity index (χ2n) is 4.80. The van der Waals surface area contributed by atoms with Gasteiger partial charge in [-0.15, -0.1) is 0 Å². The van der Waals surface area contributed by atoms with Gasteiger partial charge in [-0.1, -0.05) is 44.9 Å². The number of hydrogen-bond donors (Lipinski definition) is 1. The first-order valence-corrected chi connectivity index (χ1v) is 6.61. The zero-order valence-electron chi connectivity index (χ0n) is 11.4. The van der Waals surface area contributed by atoms with Gasteiger partial charge in [0.25, 0.3) is 0 Å². The van der Waals surface area contributed by atoms with Gasteiger partial charge in [0.2, 0.25) is 5.91 Å². The van der Waals surface area contributed by atoms with Gasteiger partial charge in [-0.05, 0) is 19.4 Å². The van der Waals surface area contributed by atoms with Crippen LogP contribution in [0.3, 0.4) is 0 Å². The predicted molar refractivity (Wildman–Crippen MR) is 73.8 cm³/mol. The molecule has 0 aromatic heterocycles. The number of halogens is 1. The van der Waals surface area contributed by atoms with E-state index < -0.39 is 0 Å². The van der Waals surface area contributed by atoms with Gasteiger partial charge in [-0.3, -0.25) is 4.79 Å². The quantitative estimate of drug-likeness (QED) is 0.813. The van der Waals surface area contributed by atoms with E-state index >= 15 is 0 Å². The Hall–Kier alpha value is -1.38. The molecule has 18 heavy (non-hydrogen) atoms. The summed E-state index contributed by atoms with van der Waals surface area (Å²) in [6, 6.07) is 6.26. The molecule has 2 unspecified atom stereocenters. The molecule has 3 heteroatoms. The lowest BCUT2D eigenvalue weighted by Crippen LogP contribution is -2.31. The molecule has 102 valence electrons. The smallest absolute Gasteiger partial charge is 0.223 e. The van der Waals surface area contributed by atoms with Gasteiger partial charge in [0.15, 0.2) is 0 Å². The summed E-state index contributed by atoms with van der Waals surface area (Å²) in [5.74, 6) is -0.287. The summed E-state index contributed by atoms with van der Waals surface area (Å²) in [6.07, 6.45) is 3.01. The van der Waals surface area contributed by atoms with Crippen LogP contribution in [-0.4, -0.2) is 5.91 Å². The number of unbranched alkanes of at least 4 members (excludes halogenated alkanes) is 1. The summed E-state index contributed by atoms with van der Waals surface area (Å²) in [4.78, 5) is 11.9. The van der Waals surface area contributed by atoms with Crippen molar-refractivity contribution in [1.29, 1.82) is 0 Å². The molecule has 1 aromatic carbocycles. The molecule has 0 aliphatic heterocycles. The molecule has 0 fully saturated rings. The third kappa shape index (κ3) is 4.13. The van der Waals surface area contributed by atoms with Crippen LogP contribution in [0.2, 0.25) is 0 Å². The molecule has 1 N–H and O–H groups in total. The number of benzene rings is 1. The molecule has 1 amide bonds. The second-order valence-corrected chi connectivity index (χ2v) is 4.80. The van der Waals surface area contributed by atoms with E-state index in [1.54, 1.807) is 18.2 Å². The zero-order valence-corrected chi connectivity index (χ0v) is 11.4. The molecule has 0 saturated carbocycles. The van der Waals surface area contributed by atoms with Gasteiger partial charge in [0.1, 0.15) is 5.82 Å². The highest BCUT2D eigenvalue weighted by Gasteiger charge is 2.17. The first-order valence-electron chi connectivity index (χ1n) is 6.61. The number of carbonyl (C=O) groups excluding carboxylic acids is 1. The van der Waals surface area contributed by atoms with Crippen molar-refractivity contribution < 1.29 is 10.6 Å². The van der Waals surface area contributed by atoms with Gasteiger partial charge < -0.3 is 5.32 Å². The van der Waals surface area contributed by atoms with Crippen LogP contribution in [-0.2, 0) is 4.79 Å². The van der Waals surface area contributed by atoms with Crippen LogP contribution in [0.25, 0.3) is 0 Å². The Morgan fingerprint density at radius 3 is 2.67 bits per heavy atom. The summed E-state index contributed by atoms with van der Waals surface area (Å²) in [7, 11) is 0. The van der Waals surface area contributed by atoms with E-state index in [0.29, 0.717) is 5.56 Å². The third-order valence-corrected chi connectivity index (χ3v) is 3.17. The number of rotatable bonds is 6. The van der Waals surface area contributed by atoms with Gasteiger partial charge in [-0.25, -0.2) is 4.39 Å². The van der Waals surface area contributed by atoms with Crippen LogP contribution >= 0.6 is 0 Å². The number of nitrogens with one attached hydrogen (secondary N) is 1. The normalized spacial score (nSPS) is 14.0. The maximum Gasteiger partial charge on any atom is 0.223 e. The minimum absolute atomic E-state index is 0. The van der Waals surface area contributed by atoms with Crippen LogP contribution in [0, 0.1) is 11.7 Å². The highest BCUT2D eigenvalue weighted by Crippen LogP contribution is 2.17. The molecule has 1 rings (SSSR count). The van der Waals surface area contributed by atoms with Gasteiger partial charge >= 0.3 is 0 Å². The minimum Gasteiger partial charge on any atom is -0.349 e. The zero-order chi connectivity index (χ0) is 13.5. The largest absolute Gasteiger partial charge is 0.349 e. The number of amides is 1. The Balaban J connectivity index is 0.00000324. The molecule has 2 atom stereocenters. The van der Waals surface area contributed by atoms with E-state index in [-0.39, 0.29) is 25.1 Å². The monoisotopic (exact) mass is 253 g/mol. The van der Waals surface area contributed by atoms with E-state index in [9.17, 15) is 9.18 Å². The molecule has 0 radical (unpaired) electrons. The molecule has 2 nitrogen and oxygen atoms in total. The second kappa shape index (κ2) is 7.14. The Kier molecular flexibility index (Phi) is 5.83. The summed E-state index contributed by atoms with van der Waals surface area (Å²) in [5, 5.41) is 2.87. The van der Waals surface area contributed by atoms with Crippen molar-refractivity contribution in [3.8, 4) is 0 Å². The van der Waals surface area contributed by atoms with Crippen LogP contribution in [0.15, 0.2) is 24.3 Å². The Morgan fingerprint density at radius 1 is 1.39 bits per heavy atom. The number of hydrogen-bond acceptors (Lipinski definition) is 1. The highest BCUT2D eigenvalue weighted by molar-refractivity contribution is 5.78. The predicted octanol–water partition coefficient (Wildman–Crippen LogP) is 4.08. The van der Waals surface area contributed by atoms with Crippen molar-refractivity contribution in [3.05, 3.63) is 35.6 Å². The van der Waals surface area contributed by atoms with Crippen LogP contribution in [0.4, 0.5) is 4.39 Å². The lowest BCUT2D eigenvalue weighted by molar-refractivity contribution is -0.125. The maximum atomic E-state index is 13.5. The van der Waals surface area contributed by atoms with Crippen molar-refractivity contribution >= 4 is 5.91 Å². The molecule has 0 saturated heterocycles. The van der Waals surface area contributed by atoms with Gasteiger partial charge in [-0.2, -0.15) is 0 Å². The molecule has 1 aromatic rings. The first-order chi connectivity index (χ1) is 8.56. The summed E-state index contributed by atoms with van der Waals surface area (Å²) in [5.41, 5.74) is 0.536. The van der Waals surface area contributed by atoms with E-state index in [1.165, 1.54) is 6.07 Å². The minimum atomic E-state index is -0.289. The standard InChI is InChI=1S/C15H22FNO.H2/c1-4-5-8-11(2)15(18)17-12(3)13-9-6-7-10-14(13)16;/h6-7,9-12H,4-5,8H2,1-3H3,(H,17,18);1H.